The summed E-state index contributed by atoms with van der Waals surface area (Å²) in [5, 5.41) is 10.7. The molecule has 1 atom stereocenters. The zero-order valence-electron chi connectivity index (χ0n) is 18.5. The summed E-state index contributed by atoms with van der Waals surface area (Å²) in [5.41, 5.74) is 4.42. The first kappa shape index (κ1) is 22.4. The van der Waals surface area contributed by atoms with Crippen LogP contribution in [0.15, 0.2) is 0 Å². The van der Waals surface area contributed by atoms with E-state index in [-0.39, 0.29) is 0 Å². The molecule has 0 bridgehead atoms. The highest BCUT2D eigenvalue weighted by atomic mass is 28.3. The van der Waals surface area contributed by atoms with Gasteiger partial charge in [-0.1, -0.05) is 24.8 Å². The summed E-state index contributed by atoms with van der Waals surface area (Å²) in [6, 6.07) is 0. The normalized spacial score (nSPS) is 15.4. The van der Waals surface area contributed by atoms with E-state index in [2.05, 4.69) is 19.6 Å². The second kappa shape index (κ2) is 7.52. The van der Waals surface area contributed by atoms with Gasteiger partial charge in [0.15, 0.2) is 6.10 Å². The van der Waals surface area contributed by atoms with Gasteiger partial charge in [-0.2, -0.15) is 0 Å². The third-order valence-electron chi connectivity index (χ3n) is 5.19. The Kier molecular flexibility index (Phi) is 6.02. The Bertz CT molecular complexity index is 805. The predicted octanol–water partition coefficient (Wildman–Crippen LogP) is 3.87. The van der Waals surface area contributed by atoms with Gasteiger partial charge in [0.25, 0.3) is 0 Å². The van der Waals surface area contributed by atoms with Crippen molar-refractivity contribution in [1.82, 2.24) is 4.90 Å². The number of esters is 1. The van der Waals surface area contributed by atoms with Crippen molar-refractivity contribution >= 4 is 25.3 Å². The molecule has 28 heavy (non-hydrogen) atoms. The zero-order valence-corrected chi connectivity index (χ0v) is 19.5. The molecule has 1 heterocycles. The minimum atomic E-state index is -1.90. The van der Waals surface area contributed by atoms with Crippen molar-refractivity contribution in [3.63, 3.8) is 0 Å². The minimum Gasteiger partial charge on any atom is -0.467 e. The maximum Gasteiger partial charge on any atom is 0.407 e. The minimum absolute atomic E-state index is 0.333. The summed E-state index contributed by atoms with van der Waals surface area (Å²) in [4.78, 5) is 25.8. The Morgan fingerprint density at radius 1 is 1.07 bits per heavy atom. The van der Waals surface area contributed by atoms with Gasteiger partial charge in [-0.3, -0.25) is 4.90 Å². The summed E-state index contributed by atoms with van der Waals surface area (Å²) in [6.07, 6.45) is -1.77. The van der Waals surface area contributed by atoms with Gasteiger partial charge in [-0.15, -0.1) is 0 Å². The number of carboxylic acid groups (broad SMARTS) is 1. The van der Waals surface area contributed by atoms with Crippen LogP contribution < -0.4 is 5.19 Å². The summed E-state index contributed by atoms with van der Waals surface area (Å²) < 4.78 is 11.3. The fraction of sp³-hybridized carbons (Fsp3) is 0.619. The number of rotatable bonds is 4. The van der Waals surface area contributed by atoms with Gasteiger partial charge in [0.2, 0.25) is 0 Å². The van der Waals surface area contributed by atoms with Gasteiger partial charge < -0.3 is 14.6 Å². The van der Waals surface area contributed by atoms with Crippen LogP contribution in [-0.2, 0) is 27.4 Å². The number of methoxy groups -OCH3 is 1. The molecule has 1 aliphatic rings. The first-order valence-corrected chi connectivity index (χ1v) is 13.1. The Balaban J connectivity index is 2.82. The first-order chi connectivity index (χ1) is 12.7. The molecule has 1 N–H and O–H groups in total. The van der Waals surface area contributed by atoms with Gasteiger partial charge in [-0.25, -0.2) is 9.59 Å². The molecule has 0 saturated heterocycles. The highest BCUT2D eigenvalue weighted by molar-refractivity contribution is 6.89. The second-order valence-electron chi connectivity index (χ2n) is 9.52. The van der Waals surface area contributed by atoms with Crippen molar-refractivity contribution in [2.45, 2.75) is 79.1 Å². The van der Waals surface area contributed by atoms with Crippen molar-refractivity contribution in [2.75, 3.05) is 7.11 Å². The van der Waals surface area contributed by atoms with E-state index < -0.39 is 31.8 Å². The molecule has 1 amide bonds. The SMILES string of the molecule is COC(=O)C(OC(C)(C)C)c1c(C)c2c(c(C)c1[Si](C)(C)C)CN(C(=O)O)C2. The monoisotopic (exact) mass is 407 g/mol. The predicted molar refractivity (Wildman–Crippen MR) is 112 cm³/mol. The van der Waals surface area contributed by atoms with Crippen molar-refractivity contribution in [3.8, 4) is 0 Å². The van der Waals surface area contributed by atoms with Crippen molar-refractivity contribution < 1.29 is 24.2 Å². The van der Waals surface area contributed by atoms with Crippen molar-refractivity contribution in [2.24, 2.45) is 0 Å². The van der Waals surface area contributed by atoms with Crippen LogP contribution in [0.3, 0.4) is 0 Å². The lowest BCUT2D eigenvalue weighted by Crippen LogP contribution is -2.46. The zero-order chi connectivity index (χ0) is 21.6. The Labute approximate surface area is 168 Å². The van der Waals surface area contributed by atoms with Crippen molar-refractivity contribution in [3.05, 3.63) is 27.8 Å². The van der Waals surface area contributed by atoms with Gasteiger partial charge in [0.05, 0.1) is 20.8 Å². The average Bonchev–Trinajstić information content (AvgIpc) is 2.99. The summed E-state index contributed by atoms with van der Waals surface area (Å²) in [7, 11) is -0.524. The highest BCUT2D eigenvalue weighted by Crippen LogP contribution is 2.36. The number of hydrogen-bond donors (Lipinski definition) is 1. The average molecular weight is 408 g/mol. The van der Waals surface area contributed by atoms with Crippen LogP contribution in [-0.4, -0.2) is 42.9 Å². The van der Waals surface area contributed by atoms with E-state index in [4.69, 9.17) is 9.47 Å². The Morgan fingerprint density at radius 3 is 1.96 bits per heavy atom. The third kappa shape index (κ3) is 4.25. The van der Waals surface area contributed by atoms with E-state index in [0.717, 1.165) is 33.0 Å². The molecular formula is C21H33NO5Si. The number of hydrogen-bond acceptors (Lipinski definition) is 4. The Hall–Kier alpha value is -1.86. The first-order valence-electron chi connectivity index (χ1n) is 9.57. The molecular weight excluding hydrogens is 374 g/mol. The van der Waals surface area contributed by atoms with Crippen LogP contribution in [0.5, 0.6) is 0 Å². The van der Waals surface area contributed by atoms with Crippen LogP contribution in [0.25, 0.3) is 0 Å². The van der Waals surface area contributed by atoms with E-state index in [0.29, 0.717) is 13.1 Å². The van der Waals surface area contributed by atoms with E-state index >= 15 is 0 Å². The highest BCUT2D eigenvalue weighted by Gasteiger charge is 2.39. The molecule has 2 rings (SSSR count). The lowest BCUT2D eigenvalue weighted by Gasteiger charge is -2.33. The molecule has 1 unspecified atom stereocenters. The number of amides is 1. The third-order valence-corrected chi connectivity index (χ3v) is 7.33. The van der Waals surface area contributed by atoms with E-state index in [1.165, 1.54) is 12.0 Å². The number of nitrogens with zero attached hydrogens (tertiary/aromatic N) is 1. The Morgan fingerprint density at radius 2 is 1.57 bits per heavy atom. The van der Waals surface area contributed by atoms with Gasteiger partial charge in [0.1, 0.15) is 0 Å². The lowest BCUT2D eigenvalue weighted by molar-refractivity contribution is -0.164. The molecule has 0 aromatic heterocycles. The molecule has 1 aromatic carbocycles. The van der Waals surface area contributed by atoms with E-state index in [1.807, 2.05) is 34.6 Å². The largest absolute Gasteiger partial charge is 0.467 e. The van der Waals surface area contributed by atoms with E-state index in [9.17, 15) is 14.7 Å². The molecule has 0 saturated carbocycles. The van der Waals surface area contributed by atoms with Crippen LogP contribution in [0.2, 0.25) is 19.6 Å². The standard InChI is InChI=1S/C21H33NO5Si/c1-12-14-10-22(20(24)25)11-15(14)13(2)18(28(7,8)9)16(12)17(19(23)26-6)27-21(3,4)5/h17H,10-11H2,1-9H3,(H,24,25). The molecule has 0 fully saturated rings. The molecule has 7 heteroatoms. The van der Waals surface area contributed by atoms with Gasteiger partial charge in [0, 0.05) is 13.1 Å². The molecule has 0 aliphatic carbocycles. The fourth-order valence-corrected chi connectivity index (χ4v) is 6.54. The lowest BCUT2D eigenvalue weighted by atomic mass is 9.91. The summed E-state index contributed by atoms with van der Waals surface area (Å²) in [5.74, 6) is -0.426. The number of ether oxygens (including phenoxy) is 2. The molecule has 156 valence electrons. The fourth-order valence-electron chi connectivity index (χ4n) is 4.14. The van der Waals surface area contributed by atoms with Gasteiger partial charge in [-0.05, 0) is 62.4 Å². The van der Waals surface area contributed by atoms with Crippen molar-refractivity contribution in [1.29, 1.82) is 0 Å². The molecule has 1 aromatic rings. The topological polar surface area (TPSA) is 76.1 Å². The summed E-state index contributed by atoms with van der Waals surface area (Å²) in [6.45, 7) is 17.2. The molecule has 0 radical (unpaired) electrons. The van der Waals surface area contributed by atoms with Crippen LogP contribution in [0.4, 0.5) is 4.79 Å². The molecule has 0 spiro atoms. The van der Waals surface area contributed by atoms with Crippen LogP contribution >= 0.6 is 0 Å². The number of carbonyl (C=O) groups excluding carboxylic acids is 1. The second-order valence-corrected chi connectivity index (χ2v) is 14.5. The smallest absolute Gasteiger partial charge is 0.407 e. The van der Waals surface area contributed by atoms with E-state index in [1.54, 1.807) is 0 Å². The van der Waals surface area contributed by atoms with Crippen LogP contribution in [0.1, 0.15) is 54.7 Å². The molecule has 1 aliphatic heterocycles. The summed E-state index contributed by atoms with van der Waals surface area (Å²) >= 11 is 0. The van der Waals surface area contributed by atoms with Crippen LogP contribution in [0, 0.1) is 13.8 Å². The quantitative estimate of drug-likeness (QED) is 0.606. The number of benzene rings is 1. The number of carbonyl (C=O) groups is 2. The maximum atomic E-state index is 12.8. The molecule has 6 nitrogen and oxygen atoms in total. The van der Waals surface area contributed by atoms with Gasteiger partial charge >= 0.3 is 12.1 Å². The maximum absolute atomic E-state index is 12.8. The number of fused-ring (bicyclic) bond motifs is 1.